The Morgan fingerprint density at radius 3 is 1.45 bits per heavy atom. The Hall–Kier alpha value is -2.97. The summed E-state index contributed by atoms with van der Waals surface area (Å²) in [6, 6.07) is 30.6. The van der Waals surface area contributed by atoms with Crippen molar-refractivity contribution >= 4 is 23.1 Å². The fraction of sp³-hybridized carbons (Fsp3) is 0.355. The van der Waals surface area contributed by atoms with E-state index in [2.05, 4.69) is 54.5 Å². The van der Waals surface area contributed by atoms with Crippen LogP contribution in [0, 0.1) is 0 Å². The van der Waals surface area contributed by atoms with Gasteiger partial charge >= 0.3 is 0 Å². The summed E-state index contributed by atoms with van der Waals surface area (Å²) in [7, 11) is 2.63. The SMILES string of the molecule is CC(C=O)(COS(c1ccccc1)(c1ccccc1)C(C)(C)C)OCc1ccccc1.COC.COC=O. The minimum atomic E-state index is -1.94. The van der Waals surface area contributed by atoms with Gasteiger partial charge in [-0.15, -0.1) is 0 Å². The smallest absolute Gasteiger partial charge is 0.292 e. The maximum Gasteiger partial charge on any atom is 0.292 e. The third-order valence-electron chi connectivity index (χ3n) is 5.29. The number of carbonyl (C=O) groups excluding carboxylic acids is 2. The van der Waals surface area contributed by atoms with Gasteiger partial charge in [0.15, 0.2) is 6.29 Å². The van der Waals surface area contributed by atoms with E-state index in [1.165, 1.54) is 7.11 Å². The first-order valence-corrected chi connectivity index (χ1v) is 13.8. The summed E-state index contributed by atoms with van der Waals surface area (Å²) < 4.78 is 20.8. The predicted octanol–water partition coefficient (Wildman–Crippen LogP) is 6.87. The Morgan fingerprint density at radius 1 is 0.711 bits per heavy atom. The lowest BCUT2D eigenvalue weighted by atomic mass is 10.1. The third kappa shape index (κ3) is 9.72. The summed E-state index contributed by atoms with van der Waals surface area (Å²) in [5.74, 6) is 0. The van der Waals surface area contributed by atoms with Gasteiger partial charge in [0.05, 0.1) is 20.3 Å². The Kier molecular flexibility index (Phi) is 14.6. The average molecular weight is 543 g/mol. The molecule has 3 aromatic carbocycles. The van der Waals surface area contributed by atoms with E-state index < -0.39 is 15.9 Å². The van der Waals surface area contributed by atoms with Crippen LogP contribution in [0.25, 0.3) is 0 Å². The molecule has 0 radical (unpaired) electrons. The van der Waals surface area contributed by atoms with Gasteiger partial charge in [0, 0.05) is 28.8 Å². The van der Waals surface area contributed by atoms with Crippen molar-refractivity contribution in [1.82, 2.24) is 0 Å². The highest BCUT2D eigenvalue weighted by atomic mass is 32.3. The van der Waals surface area contributed by atoms with Crippen molar-refractivity contribution < 1.29 is 28.0 Å². The maximum atomic E-state index is 12.1. The van der Waals surface area contributed by atoms with Crippen LogP contribution in [-0.4, -0.2) is 51.0 Å². The average Bonchev–Trinajstić information content (AvgIpc) is 2.94. The van der Waals surface area contributed by atoms with Crippen LogP contribution in [0.15, 0.2) is 101 Å². The summed E-state index contributed by atoms with van der Waals surface area (Å²) in [6.45, 7) is 9.29. The number of aldehydes is 1. The normalized spacial score (nSPS) is 12.9. The van der Waals surface area contributed by atoms with Gasteiger partial charge in [-0.2, -0.15) is 0 Å². The highest BCUT2D eigenvalue weighted by molar-refractivity contribution is 8.31. The minimum absolute atomic E-state index is 0.166. The Balaban J connectivity index is 0.000000923. The summed E-state index contributed by atoms with van der Waals surface area (Å²) in [4.78, 5) is 23.3. The van der Waals surface area contributed by atoms with Crippen LogP contribution in [0.5, 0.6) is 0 Å². The third-order valence-corrected chi connectivity index (χ3v) is 9.36. The van der Waals surface area contributed by atoms with Gasteiger partial charge in [-0.1, -0.05) is 77.0 Å². The van der Waals surface area contributed by atoms with Crippen LogP contribution in [0.3, 0.4) is 0 Å². The summed E-state index contributed by atoms with van der Waals surface area (Å²) >= 11 is 0. The molecule has 0 aliphatic heterocycles. The lowest BCUT2D eigenvalue weighted by molar-refractivity contribution is -0.134. The number of benzene rings is 3. The van der Waals surface area contributed by atoms with Crippen molar-refractivity contribution in [2.75, 3.05) is 27.9 Å². The van der Waals surface area contributed by atoms with Crippen molar-refractivity contribution in [3.63, 3.8) is 0 Å². The molecule has 208 valence electrons. The van der Waals surface area contributed by atoms with Crippen molar-refractivity contribution in [2.24, 2.45) is 0 Å². The number of ether oxygens (including phenoxy) is 3. The van der Waals surface area contributed by atoms with Gasteiger partial charge in [-0.05, 0) is 57.5 Å². The van der Waals surface area contributed by atoms with Gasteiger partial charge in [0.2, 0.25) is 0 Å². The molecular formula is C31H42O6S. The molecule has 0 fully saturated rings. The summed E-state index contributed by atoms with van der Waals surface area (Å²) in [5.41, 5.74) is -0.0285. The van der Waals surface area contributed by atoms with Crippen molar-refractivity contribution in [3.05, 3.63) is 96.6 Å². The summed E-state index contributed by atoms with van der Waals surface area (Å²) in [6.07, 6.45) is 0.860. The van der Waals surface area contributed by atoms with Gasteiger partial charge in [0.1, 0.15) is 5.60 Å². The van der Waals surface area contributed by atoms with E-state index in [4.69, 9.17) is 13.7 Å². The molecule has 6 nitrogen and oxygen atoms in total. The highest BCUT2D eigenvalue weighted by Gasteiger charge is 2.43. The Morgan fingerprint density at radius 2 is 1.11 bits per heavy atom. The maximum absolute atomic E-state index is 12.1. The van der Waals surface area contributed by atoms with Gasteiger partial charge < -0.3 is 23.2 Å². The molecule has 0 aliphatic rings. The molecule has 1 unspecified atom stereocenters. The highest BCUT2D eigenvalue weighted by Crippen LogP contribution is 2.71. The number of carbonyl (C=O) groups is 2. The van der Waals surface area contributed by atoms with E-state index in [0.717, 1.165) is 21.6 Å². The molecule has 0 amide bonds. The molecule has 0 aliphatic carbocycles. The first kappa shape index (κ1) is 33.1. The van der Waals surface area contributed by atoms with Gasteiger partial charge in [0.25, 0.3) is 6.47 Å². The molecule has 3 rings (SSSR count). The first-order chi connectivity index (χ1) is 18.1. The number of hydrogen-bond acceptors (Lipinski definition) is 6. The molecule has 0 N–H and O–H groups in total. The predicted molar refractivity (Wildman–Crippen MR) is 154 cm³/mol. The fourth-order valence-electron chi connectivity index (χ4n) is 3.52. The Labute approximate surface area is 229 Å². The number of methoxy groups -OCH3 is 2. The molecule has 0 aromatic heterocycles. The zero-order valence-corrected chi connectivity index (χ0v) is 24.4. The molecular weight excluding hydrogens is 500 g/mol. The lowest BCUT2D eigenvalue weighted by Gasteiger charge is -2.51. The zero-order valence-electron chi connectivity index (χ0n) is 23.6. The molecule has 0 saturated carbocycles. The van der Waals surface area contributed by atoms with Crippen LogP contribution in [-0.2, 0) is 34.6 Å². The van der Waals surface area contributed by atoms with Crippen molar-refractivity contribution in [2.45, 2.75) is 54.4 Å². The minimum Gasteiger partial charge on any atom is -0.471 e. The van der Waals surface area contributed by atoms with E-state index in [-0.39, 0.29) is 11.4 Å². The van der Waals surface area contributed by atoms with Gasteiger partial charge in [-0.3, -0.25) is 4.79 Å². The second kappa shape index (κ2) is 16.8. The van der Waals surface area contributed by atoms with E-state index in [1.807, 2.05) is 66.7 Å². The van der Waals surface area contributed by atoms with Crippen molar-refractivity contribution in [3.8, 4) is 0 Å². The molecule has 0 heterocycles. The van der Waals surface area contributed by atoms with Crippen LogP contribution < -0.4 is 0 Å². The Bertz CT molecular complexity index is 999. The lowest BCUT2D eigenvalue weighted by Crippen LogP contribution is -2.39. The van der Waals surface area contributed by atoms with Gasteiger partial charge in [-0.25, -0.2) is 0 Å². The second-order valence-electron chi connectivity index (χ2n) is 9.50. The topological polar surface area (TPSA) is 71.1 Å². The molecule has 7 heteroatoms. The van der Waals surface area contributed by atoms with Crippen LogP contribution in [0.1, 0.15) is 33.3 Å². The molecule has 0 spiro atoms. The zero-order chi connectivity index (χ0) is 28.5. The van der Waals surface area contributed by atoms with E-state index >= 15 is 0 Å². The second-order valence-corrected chi connectivity index (χ2v) is 13.0. The quantitative estimate of drug-likeness (QED) is 0.261. The number of hydrogen-bond donors (Lipinski definition) is 0. The molecule has 1 atom stereocenters. The van der Waals surface area contributed by atoms with Crippen LogP contribution in [0.4, 0.5) is 0 Å². The molecule has 3 aromatic rings. The molecule has 38 heavy (non-hydrogen) atoms. The largest absolute Gasteiger partial charge is 0.471 e. The van der Waals surface area contributed by atoms with Crippen LogP contribution >= 0.6 is 10.3 Å². The number of rotatable bonds is 10. The fourth-order valence-corrected chi connectivity index (χ4v) is 7.32. The van der Waals surface area contributed by atoms with E-state index in [1.54, 1.807) is 21.1 Å². The van der Waals surface area contributed by atoms with E-state index in [9.17, 15) is 4.79 Å². The van der Waals surface area contributed by atoms with Crippen molar-refractivity contribution in [1.29, 1.82) is 0 Å². The van der Waals surface area contributed by atoms with Crippen LogP contribution in [0.2, 0.25) is 0 Å². The molecule has 0 saturated heterocycles. The first-order valence-electron chi connectivity index (χ1n) is 12.2. The van der Waals surface area contributed by atoms with E-state index in [0.29, 0.717) is 13.1 Å². The monoisotopic (exact) mass is 542 g/mol. The standard InChI is InChI=1S/C27H32O3S.C2H4O2.C2H6O/c1-26(2,3)31(24-16-10-6-11-17-24,25-18-12-7-13-19-25)30-22-27(4,21-28)29-20-23-14-8-5-9-15-23;1-4-2-3;1-3-2/h5-19,21H,20,22H2,1-4H3;2H,1H3;1-2H3. The molecule has 0 bridgehead atoms. The summed E-state index contributed by atoms with van der Waals surface area (Å²) in [5, 5.41) is 0.